The van der Waals surface area contributed by atoms with E-state index in [0.29, 0.717) is 11.3 Å². The van der Waals surface area contributed by atoms with Crippen LogP contribution in [0, 0.1) is 30.9 Å². The molecule has 1 amide bonds. The van der Waals surface area contributed by atoms with E-state index >= 15 is 0 Å². The van der Waals surface area contributed by atoms with Crippen LogP contribution in [0.25, 0.3) is 0 Å². The molecule has 0 aliphatic rings. The maximum absolute atomic E-state index is 12.1. The third-order valence-corrected chi connectivity index (χ3v) is 4.15. The summed E-state index contributed by atoms with van der Waals surface area (Å²) < 4.78 is 10.5. The Morgan fingerprint density at radius 3 is 2.54 bits per heavy atom. The Balaban J connectivity index is 1.96. The van der Waals surface area contributed by atoms with Gasteiger partial charge in [-0.25, -0.2) is 4.79 Å². The number of ether oxygens (including phenoxy) is 2. The minimum Gasteiger partial charge on any atom is -0.479 e. The summed E-state index contributed by atoms with van der Waals surface area (Å²) >= 11 is 0. The van der Waals surface area contributed by atoms with Crippen LogP contribution in [-0.4, -0.2) is 29.5 Å². The van der Waals surface area contributed by atoms with Crippen molar-refractivity contribution in [3.05, 3.63) is 63.2 Å². The van der Waals surface area contributed by atoms with Crippen LogP contribution < -0.4 is 10.1 Å². The molecule has 2 aromatic rings. The Bertz CT molecular complexity index is 910. The van der Waals surface area contributed by atoms with Gasteiger partial charge in [0.25, 0.3) is 11.6 Å². The largest absolute Gasteiger partial charge is 0.479 e. The van der Waals surface area contributed by atoms with E-state index in [4.69, 9.17) is 9.47 Å². The summed E-state index contributed by atoms with van der Waals surface area (Å²) in [6.45, 7) is 6.27. The first-order valence-corrected chi connectivity index (χ1v) is 8.63. The summed E-state index contributed by atoms with van der Waals surface area (Å²) in [5.74, 6) is -0.875. The van der Waals surface area contributed by atoms with Gasteiger partial charge in [0.1, 0.15) is 11.4 Å². The second-order valence-electron chi connectivity index (χ2n) is 6.39. The summed E-state index contributed by atoms with van der Waals surface area (Å²) in [7, 11) is 0. The molecule has 0 aliphatic carbocycles. The molecule has 1 atom stereocenters. The van der Waals surface area contributed by atoms with Crippen LogP contribution in [0.3, 0.4) is 0 Å². The normalized spacial score (nSPS) is 11.4. The molecule has 2 rings (SSSR count). The van der Waals surface area contributed by atoms with Gasteiger partial charge in [0, 0.05) is 6.07 Å². The number of esters is 1. The van der Waals surface area contributed by atoms with Crippen LogP contribution in [-0.2, 0) is 14.3 Å². The van der Waals surface area contributed by atoms with Crippen molar-refractivity contribution < 1.29 is 24.0 Å². The molecule has 0 bridgehead atoms. The first kappa shape index (κ1) is 20.9. The number of nitro benzene ring substituents is 1. The number of carbonyl (C=O) groups is 2. The molecule has 0 heterocycles. The molecule has 0 saturated carbocycles. The highest BCUT2D eigenvalue weighted by Gasteiger charge is 2.21. The van der Waals surface area contributed by atoms with Crippen LogP contribution in [0.1, 0.15) is 23.6 Å². The second-order valence-corrected chi connectivity index (χ2v) is 6.39. The number of rotatable bonds is 7. The van der Waals surface area contributed by atoms with Gasteiger partial charge in [-0.2, -0.15) is 0 Å². The van der Waals surface area contributed by atoms with E-state index < -0.39 is 29.5 Å². The number of benzene rings is 2. The minimum absolute atomic E-state index is 0.0927. The van der Waals surface area contributed by atoms with Crippen molar-refractivity contribution in [1.82, 2.24) is 0 Å². The molecule has 0 spiro atoms. The molecule has 0 fully saturated rings. The fraction of sp³-hybridized carbons (Fsp3) is 0.300. The van der Waals surface area contributed by atoms with Gasteiger partial charge in [-0.1, -0.05) is 18.2 Å². The van der Waals surface area contributed by atoms with Gasteiger partial charge in [0.2, 0.25) is 0 Å². The quantitative estimate of drug-likeness (QED) is 0.443. The fourth-order valence-corrected chi connectivity index (χ4v) is 2.48. The maximum atomic E-state index is 12.1. The van der Waals surface area contributed by atoms with E-state index in [1.165, 1.54) is 13.0 Å². The first-order chi connectivity index (χ1) is 13.2. The van der Waals surface area contributed by atoms with Gasteiger partial charge >= 0.3 is 5.97 Å². The lowest BCUT2D eigenvalue weighted by Gasteiger charge is -2.15. The van der Waals surface area contributed by atoms with Crippen molar-refractivity contribution >= 4 is 23.3 Å². The second kappa shape index (κ2) is 8.98. The minimum atomic E-state index is -0.912. The van der Waals surface area contributed by atoms with Crippen LogP contribution >= 0.6 is 0 Å². The zero-order valence-electron chi connectivity index (χ0n) is 16.1. The Hall–Kier alpha value is -3.42. The molecular weight excluding hydrogens is 364 g/mol. The number of nitro groups is 1. The summed E-state index contributed by atoms with van der Waals surface area (Å²) in [4.78, 5) is 34.8. The molecule has 0 aliphatic heterocycles. The van der Waals surface area contributed by atoms with Crippen LogP contribution in [0.15, 0.2) is 36.4 Å². The van der Waals surface area contributed by atoms with E-state index in [9.17, 15) is 19.7 Å². The molecule has 0 aromatic heterocycles. The van der Waals surface area contributed by atoms with Gasteiger partial charge in [0.05, 0.1) is 4.92 Å². The highest BCUT2D eigenvalue weighted by Crippen LogP contribution is 2.30. The summed E-state index contributed by atoms with van der Waals surface area (Å²) in [5.41, 5.74) is 2.21. The van der Waals surface area contributed by atoms with Crippen molar-refractivity contribution in [2.24, 2.45) is 0 Å². The number of hydrogen-bond donors (Lipinski definition) is 1. The Kier molecular flexibility index (Phi) is 6.70. The number of anilines is 1. The molecule has 2 aromatic carbocycles. The third-order valence-electron chi connectivity index (χ3n) is 4.15. The van der Waals surface area contributed by atoms with Gasteiger partial charge < -0.3 is 14.8 Å². The zero-order valence-corrected chi connectivity index (χ0v) is 16.1. The highest BCUT2D eigenvalue weighted by atomic mass is 16.6. The van der Waals surface area contributed by atoms with E-state index in [0.717, 1.165) is 11.1 Å². The average Bonchev–Trinajstić information content (AvgIpc) is 2.63. The Morgan fingerprint density at radius 2 is 1.89 bits per heavy atom. The number of nitrogens with one attached hydrogen (secondary N) is 1. The number of amides is 1. The van der Waals surface area contributed by atoms with Gasteiger partial charge in [-0.3, -0.25) is 14.9 Å². The number of nitrogens with zero attached hydrogens (tertiary/aromatic N) is 1. The van der Waals surface area contributed by atoms with Crippen LogP contribution in [0.5, 0.6) is 5.75 Å². The molecule has 148 valence electrons. The van der Waals surface area contributed by atoms with Crippen molar-refractivity contribution in [2.45, 2.75) is 33.8 Å². The topological polar surface area (TPSA) is 108 Å². The van der Waals surface area contributed by atoms with E-state index in [1.807, 2.05) is 13.0 Å². The van der Waals surface area contributed by atoms with E-state index in [2.05, 4.69) is 5.32 Å². The predicted molar refractivity (Wildman–Crippen MR) is 103 cm³/mol. The van der Waals surface area contributed by atoms with Crippen molar-refractivity contribution in [1.29, 1.82) is 0 Å². The van der Waals surface area contributed by atoms with Crippen molar-refractivity contribution in [3.63, 3.8) is 0 Å². The molecule has 1 N–H and O–H groups in total. The molecule has 0 saturated heterocycles. The summed E-state index contributed by atoms with van der Waals surface area (Å²) in [5, 5.41) is 13.6. The van der Waals surface area contributed by atoms with Crippen LogP contribution in [0.2, 0.25) is 0 Å². The third kappa shape index (κ3) is 5.29. The Labute approximate surface area is 162 Å². The fourth-order valence-electron chi connectivity index (χ4n) is 2.48. The molecular formula is C20H22N2O6. The van der Waals surface area contributed by atoms with Gasteiger partial charge in [0.15, 0.2) is 12.7 Å². The first-order valence-electron chi connectivity index (χ1n) is 8.63. The monoisotopic (exact) mass is 386 g/mol. The zero-order chi connectivity index (χ0) is 20.8. The standard InChI is InChI=1S/C20H22N2O6/c1-12-6-5-7-16(10-12)28-15(4)20(24)27-11-18(23)21-19-14(3)13(2)8-9-17(19)22(25)26/h5-10,15H,11H2,1-4H3,(H,21,23)/t15-/m1/s1. The lowest BCUT2D eigenvalue weighted by Crippen LogP contribution is -2.30. The number of carbonyl (C=O) groups excluding carboxylic acids is 2. The molecule has 0 radical (unpaired) electrons. The number of aryl methyl sites for hydroxylation is 2. The molecule has 0 unspecified atom stereocenters. The molecule has 8 nitrogen and oxygen atoms in total. The lowest BCUT2D eigenvalue weighted by molar-refractivity contribution is -0.384. The molecule has 28 heavy (non-hydrogen) atoms. The lowest BCUT2D eigenvalue weighted by atomic mass is 10.1. The van der Waals surface area contributed by atoms with E-state index in [1.54, 1.807) is 38.1 Å². The summed E-state index contributed by atoms with van der Waals surface area (Å²) in [6, 6.07) is 10.1. The Morgan fingerprint density at radius 1 is 1.18 bits per heavy atom. The van der Waals surface area contributed by atoms with E-state index in [-0.39, 0.29) is 11.4 Å². The number of hydrogen-bond acceptors (Lipinski definition) is 6. The van der Waals surface area contributed by atoms with Gasteiger partial charge in [-0.15, -0.1) is 0 Å². The maximum Gasteiger partial charge on any atom is 0.347 e. The van der Waals surface area contributed by atoms with Gasteiger partial charge in [-0.05, 0) is 56.5 Å². The smallest absolute Gasteiger partial charge is 0.347 e. The SMILES string of the molecule is Cc1cccc(O[C@H](C)C(=O)OCC(=O)Nc2c([N+](=O)[O-])ccc(C)c2C)c1. The van der Waals surface area contributed by atoms with Crippen LogP contribution in [0.4, 0.5) is 11.4 Å². The highest BCUT2D eigenvalue weighted by molar-refractivity contribution is 5.96. The average molecular weight is 386 g/mol. The molecule has 8 heteroatoms. The van der Waals surface area contributed by atoms with Crippen molar-refractivity contribution in [2.75, 3.05) is 11.9 Å². The predicted octanol–water partition coefficient (Wildman–Crippen LogP) is 3.47. The van der Waals surface area contributed by atoms with Crippen molar-refractivity contribution in [3.8, 4) is 5.75 Å². The summed E-state index contributed by atoms with van der Waals surface area (Å²) in [6.07, 6.45) is -0.912.